The minimum Gasteiger partial charge on any atom is -0.308 e. The van der Waals surface area contributed by atoms with Crippen molar-refractivity contribution < 1.29 is 17.6 Å². The minimum absolute atomic E-state index is 0.176. The first-order valence-electron chi connectivity index (χ1n) is 10.4. The van der Waals surface area contributed by atoms with E-state index in [1.807, 2.05) is 49.4 Å². The van der Waals surface area contributed by atoms with Gasteiger partial charge in [0.1, 0.15) is 5.82 Å². The number of nitrogens with zero attached hydrogens (tertiary/aromatic N) is 1. The predicted molar refractivity (Wildman–Crippen MR) is 125 cm³/mol. The van der Waals surface area contributed by atoms with Gasteiger partial charge < -0.3 is 4.90 Å². The molecule has 5 nitrogen and oxygen atoms in total. The van der Waals surface area contributed by atoms with Crippen LogP contribution in [0.15, 0.2) is 71.6 Å². The third kappa shape index (κ3) is 5.60. The van der Waals surface area contributed by atoms with E-state index in [9.17, 15) is 17.6 Å². The molecule has 0 aliphatic heterocycles. The maximum Gasteiger partial charge on any atom is 0.258 e. The number of carbonyl (C=O) groups excluding carboxylic acids is 1. The summed E-state index contributed by atoms with van der Waals surface area (Å²) in [5.74, 6) is -0.687. The molecule has 0 heterocycles. The van der Waals surface area contributed by atoms with Gasteiger partial charge in [-0.05, 0) is 74.7 Å². The van der Waals surface area contributed by atoms with Crippen molar-refractivity contribution in [2.24, 2.45) is 0 Å². The number of para-hydroxylation sites is 1. The number of halogens is 1. The van der Waals surface area contributed by atoms with Gasteiger partial charge in [0.25, 0.3) is 5.91 Å². The largest absolute Gasteiger partial charge is 0.308 e. The Morgan fingerprint density at radius 1 is 0.938 bits per heavy atom. The van der Waals surface area contributed by atoms with Crippen LogP contribution in [-0.4, -0.2) is 27.4 Å². The molecule has 0 aliphatic carbocycles. The van der Waals surface area contributed by atoms with Crippen LogP contribution in [0, 0.1) is 26.6 Å². The van der Waals surface area contributed by atoms with Gasteiger partial charge in [0.15, 0.2) is 0 Å². The third-order valence-electron chi connectivity index (χ3n) is 5.13. The van der Waals surface area contributed by atoms with E-state index in [1.165, 1.54) is 24.3 Å². The number of hydrogen-bond donors (Lipinski definition) is 1. The molecular formula is C25H27FN2O3S. The van der Waals surface area contributed by atoms with Gasteiger partial charge >= 0.3 is 0 Å². The number of nitrogens with one attached hydrogen (secondary N) is 1. The molecule has 1 amide bonds. The molecular weight excluding hydrogens is 427 g/mol. The highest BCUT2D eigenvalue weighted by Crippen LogP contribution is 2.22. The van der Waals surface area contributed by atoms with Crippen LogP contribution in [-0.2, 0) is 10.0 Å². The lowest BCUT2D eigenvalue weighted by atomic mass is 10.1. The first-order chi connectivity index (χ1) is 15.2. The zero-order valence-corrected chi connectivity index (χ0v) is 19.2. The molecule has 0 fully saturated rings. The third-order valence-corrected chi connectivity index (χ3v) is 6.89. The molecule has 3 aromatic rings. The van der Waals surface area contributed by atoms with Gasteiger partial charge in [-0.2, -0.15) is 0 Å². The number of aryl methyl sites for hydroxylation is 3. The first kappa shape index (κ1) is 23.6. The molecule has 32 heavy (non-hydrogen) atoms. The van der Waals surface area contributed by atoms with E-state index in [0.717, 1.165) is 5.56 Å². The van der Waals surface area contributed by atoms with Crippen LogP contribution >= 0.6 is 0 Å². The lowest BCUT2D eigenvalue weighted by molar-refractivity contribution is 0.0986. The Bertz CT molecular complexity index is 1170. The molecule has 7 heteroatoms. The fraction of sp³-hybridized carbons (Fsp3) is 0.240. The number of benzene rings is 3. The summed E-state index contributed by atoms with van der Waals surface area (Å²) in [5.41, 5.74) is 3.47. The topological polar surface area (TPSA) is 66.5 Å². The summed E-state index contributed by atoms with van der Waals surface area (Å²) in [5, 5.41) is 0. The van der Waals surface area contributed by atoms with Crippen molar-refractivity contribution in [3.8, 4) is 0 Å². The standard InChI is InChI=1S/C25H27FN2O3S/c1-18-16-19(2)24(20(3)17-18)32(30,31)27-14-7-15-28(23-8-5-4-6-9-23)25(29)21-10-12-22(26)13-11-21/h4-6,8-13,16-17,27H,7,14-15H2,1-3H3. The normalized spacial score (nSPS) is 11.4. The number of rotatable bonds is 8. The van der Waals surface area contributed by atoms with Crippen LogP contribution in [0.1, 0.15) is 33.5 Å². The molecule has 0 aromatic heterocycles. The quantitative estimate of drug-likeness (QED) is 0.499. The second-order valence-electron chi connectivity index (χ2n) is 7.78. The molecule has 168 valence electrons. The van der Waals surface area contributed by atoms with Gasteiger partial charge in [0.2, 0.25) is 10.0 Å². The second-order valence-corrected chi connectivity index (χ2v) is 9.48. The summed E-state index contributed by atoms with van der Waals surface area (Å²) in [6.45, 7) is 5.98. The van der Waals surface area contributed by atoms with E-state index in [4.69, 9.17) is 0 Å². The molecule has 0 spiro atoms. The Hall–Kier alpha value is -3.03. The Kier molecular flexibility index (Phi) is 7.43. The number of sulfonamides is 1. The average Bonchev–Trinajstić information content (AvgIpc) is 2.73. The van der Waals surface area contributed by atoms with E-state index >= 15 is 0 Å². The highest BCUT2D eigenvalue weighted by Gasteiger charge is 2.21. The van der Waals surface area contributed by atoms with Crippen LogP contribution in [0.3, 0.4) is 0 Å². The highest BCUT2D eigenvalue weighted by atomic mass is 32.2. The molecule has 1 N–H and O–H groups in total. The summed E-state index contributed by atoms with van der Waals surface area (Å²) >= 11 is 0. The summed E-state index contributed by atoms with van der Waals surface area (Å²) in [6.07, 6.45) is 0.408. The zero-order chi connectivity index (χ0) is 23.3. The Morgan fingerprint density at radius 3 is 2.12 bits per heavy atom. The summed E-state index contributed by atoms with van der Waals surface area (Å²) in [7, 11) is -3.67. The van der Waals surface area contributed by atoms with Gasteiger partial charge in [-0.25, -0.2) is 17.5 Å². The van der Waals surface area contributed by atoms with Crippen LogP contribution in [0.4, 0.5) is 10.1 Å². The van der Waals surface area contributed by atoms with E-state index in [-0.39, 0.29) is 12.5 Å². The van der Waals surface area contributed by atoms with Crippen molar-refractivity contribution in [1.29, 1.82) is 0 Å². The van der Waals surface area contributed by atoms with E-state index in [0.29, 0.717) is 40.2 Å². The van der Waals surface area contributed by atoms with Crippen molar-refractivity contribution in [1.82, 2.24) is 4.72 Å². The molecule has 0 unspecified atom stereocenters. The Labute approximate surface area is 188 Å². The molecule has 0 aliphatic rings. The Balaban J connectivity index is 1.72. The maximum atomic E-state index is 13.3. The van der Waals surface area contributed by atoms with Gasteiger partial charge in [-0.1, -0.05) is 35.9 Å². The van der Waals surface area contributed by atoms with Crippen molar-refractivity contribution in [2.45, 2.75) is 32.1 Å². The zero-order valence-electron chi connectivity index (χ0n) is 18.4. The van der Waals surface area contributed by atoms with E-state index in [2.05, 4.69) is 4.72 Å². The van der Waals surface area contributed by atoms with Crippen LogP contribution in [0.25, 0.3) is 0 Å². The molecule has 0 bridgehead atoms. The van der Waals surface area contributed by atoms with Crippen molar-refractivity contribution in [3.63, 3.8) is 0 Å². The lowest BCUT2D eigenvalue weighted by Crippen LogP contribution is -2.34. The second kappa shape index (κ2) is 10.1. The fourth-order valence-electron chi connectivity index (χ4n) is 3.81. The van der Waals surface area contributed by atoms with Gasteiger partial charge in [-0.3, -0.25) is 4.79 Å². The Morgan fingerprint density at radius 2 is 1.53 bits per heavy atom. The predicted octanol–water partition coefficient (Wildman–Crippen LogP) is 4.77. The minimum atomic E-state index is -3.67. The number of anilines is 1. The van der Waals surface area contributed by atoms with Gasteiger partial charge in [-0.15, -0.1) is 0 Å². The summed E-state index contributed by atoms with van der Waals surface area (Å²) in [4.78, 5) is 14.9. The molecule has 0 saturated heterocycles. The van der Waals surface area contributed by atoms with Gasteiger partial charge in [0.05, 0.1) is 4.90 Å². The first-order valence-corrected chi connectivity index (χ1v) is 11.9. The maximum absolute atomic E-state index is 13.3. The van der Waals surface area contributed by atoms with Gasteiger partial charge in [0, 0.05) is 24.3 Å². The molecule has 0 atom stereocenters. The summed E-state index contributed by atoms with van der Waals surface area (Å²) < 4.78 is 41.6. The molecule has 3 aromatic carbocycles. The fourth-order valence-corrected chi connectivity index (χ4v) is 5.33. The van der Waals surface area contributed by atoms with Crippen molar-refractivity contribution in [3.05, 3.63) is 94.8 Å². The van der Waals surface area contributed by atoms with Crippen LogP contribution in [0.2, 0.25) is 0 Å². The smallest absolute Gasteiger partial charge is 0.258 e. The number of amides is 1. The SMILES string of the molecule is Cc1cc(C)c(S(=O)(=O)NCCCN(C(=O)c2ccc(F)cc2)c2ccccc2)c(C)c1. The number of carbonyl (C=O) groups is 1. The van der Waals surface area contributed by atoms with Crippen LogP contribution < -0.4 is 9.62 Å². The molecule has 3 rings (SSSR count). The van der Waals surface area contributed by atoms with E-state index in [1.54, 1.807) is 18.7 Å². The van der Waals surface area contributed by atoms with E-state index < -0.39 is 15.8 Å². The monoisotopic (exact) mass is 454 g/mol. The summed E-state index contributed by atoms with van der Waals surface area (Å²) in [6, 6.07) is 18.2. The van der Waals surface area contributed by atoms with Crippen LogP contribution in [0.5, 0.6) is 0 Å². The average molecular weight is 455 g/mol. The highest BCUT2D eigenvalue weighted by molar-refractivity contribution is 7.89. The van der Waals surface area contributed by atoms with Crippen molar-refractivity contribution in [2.75, 3.05) is 18.0 Å². The molecule has 0 saturated carbocycles. The lowest BCUT2D eigenvalue weighted by Gasteiger charge is -2.23. The molecule has 0 radical (unpaired) electrons. The van der Waals surface area contributed by atoms with Crippen molar-refractivity contribution >= 4 is 21.6 Å². The number of hydrogen-bond acceptors (Lipinski definition) is 3.